The van der Waals surface area contributed by atoms with Gasteiger partial charge in [0.2, 0.25) is 5.95 Å². The van der Waals surface area contributed by atoms with Crippen molar-refractivity contribution in [2.45, 2.75) is 13.0 Å². The minimum atomic E-state index is -0.0477. The lowest BCUT2D eigenvalue weighted by molar-refractivity contribution is 0.808. The highest BCUT2D eigenvalue weighted by Crippen LogP contribution is 2.18. The Morgan fingerprint density at radius 3 is 2.79 bits per heavy atom. The smallest absolute Gasteiger partial charge is 0.225 e. The van der Waals surface area contributed by atoms with Gasteiger partial charge in [0.25, 0.3) is 0 Å². The summed E-state index contributed by atoms with van der Waals surface area (Å²) >= 11 is 0. The lowest BCUT2D eigenvalue weighted by atomic mass is 10.2. The standard InChI is InChI=1S/C17H15N7/c1-12(14-10-18-8-9-19-14)22-17-20-7-6-16(23-17)24-11-21-13-4-2-3-5-15(13)24/h2-12H,1H3,(H,20,22,23). The second kappa shape index (κ2) is 6.04. The van der Waals surface area contributed by atoms with Crippen molar-refractivity contribution >= 4 is 17.0 Å². The summed E-state index contributed by atoms with van der Waals surface area (Å²) in [7, 11) is 0. The van der Waals surface area contributed by atoms with Crippen LogP contribution < -0.4 is 5.32 Å². The van der Waals surface area contributed by atoms with E-state index in [1.54, 1.807) is 31.1 Å². The van der Waals surface area contributed by atoms with Gasteiger partial charge in [0, 0.05) is 18.6 Å². The van der Waals surface area contributed by atoms with Crippen LogP contribution in [0.4, 0.5) is 5.95 Å². The molecule has 3 heterocycles. The summed E-state index contributed by atoms with van der Waals surface area (Å²) in [5.41, 5.74) is 2.77. The van der Waals surface area contributed by atoms with Crippen molar-refractivity contribution in [3.8, 4) is 5.82 Å². The number of hydrogen-bond donors (Lipinski definition) is 1. The molecule has 0 radical (unpaired) electrons. The van der Waals surface area contributed by atoms with Gasteiger partial charge in [-0.15, -0.1) is 0 Å². The van der Waals surface area contributed by atoms with Crippen LogP contribution in [0, 0.1) is 0 Å². The third-order valence-corrected chi connectivity index (χ3v) is 3.71. The lowest BCUT2D eigenvalue weighted by Crippen LogP contribution is -2.12. The molecule has 0 aliphatic rings. The van der Waals surface area contributed by atoms with Crippen LogP contribution in [-0.2, 0) is 0 Å². The molecule has 0 aliphatic heterocycles. The fraction of sp³-hybridized carbons (Fsp3) is 0.118. The molecule has 3 aromatic heterocycles. The highest BCUT2D eigenvalue weighted by Gasteiger charge is 2.10. The number of para-hydroxylation sites is 2. The number of hydrogen-bond acceptors (Lipinski definition) is 6. The normalized spacial score (nSPS) is 12.2. The van der Waals surface area contributed by atoms with Crippen LogP contribution in [0.1, 0.15) is 18.7 Å². The summed E-state index contributed by atoms with van der Waals surface area (Å²) < 4.78 is 1.94. The molecular weight excluding hydrogens is 302 g/mol. The van der Waals surface area contributed by atoms with E-state index in [4.69, 9.17) is 0 Å². The van der Waals surface area contributed by atoms with E-state index in [0.717, 1.165) is 22.5 Å². The predicted octanol–water partition coefficient (Wildman–Crippen LogP) is 2.78. The first-order valence-electron chi connectivity index (χ1n) is 7.59. The third-order valence-electron chi connectivity index (χ3n) is 3.71. The fourth-order valence-electron chi connectivity index (χ4n) is 2.50. The molecule has 118 valence electrons. The van der Waals surface area contributed by atoms with Gasteiger partial charge in [-0.2, -0.15) is 4.98 Å². The van der Waals surface area contributed by atoms with Crippen LogP contribution in [0.3, 0.4) is 0 Å². The summed E-state index contributed by atoms with van der Waals surface area (Å²) in [4.78, 5) is 21.6. The summed E-state index contributed by atoms with van der Waals surface area (Å²) in [6.45, 7) is 1.99. The minimum Gasteiger partial charge on any atom is -0.346 e. The van der Waals surface area contributed by atoms with Gasteiger partial charge in [0.05, 0.1) is 29.0 Å². The van der Waals surface area contributed by atoms with Crippen molar-refractivity contribution in [2.24, 2.45) is 0 Å². The molecule has 1 N–H and O–H groups in total. The molecule has 0 aliphatic carbocycles. The second-order valence-corrected chi connectivity index (χ2v) is 5.34. The van der Waals surface area contributed by atoms with Crippen molar-refractivity contribution in [3.05, 3.63) is 67.1 Å². The Bertz CT molecular complexity index is 965. The van der Waals surface area contributed by atoms with Crippen molar-refractivity contribution in [1.29, 1.82) is 0 Å². The van der Waals surface area contributed by atoms with Gasteiger partial charge in [-0.3, -0.25) is 14.5 Å². The molecular formula is C17H15N7. The Labute approximate surface area is 138 Å². The fourth-order valence-corrected chi connectivity index (χ4v) is 2.50. The van der Waals surface area contributed by atoms with Gasteiger partial charge in [-0.25, -0.2) is 9.97 Å². The summed E-state index contributed by atoms with van der Waals surface area (Å²) in [5, 5.41) is 3.25. The number of aromatic nitrogens is 6. The van der Waals surface area contributed by atoms with Crippen LogP contribution >= 0.6 is 0 Å². The zero-order valence-electron chi connectivity index (χ0n) is 13.0. The second-order valence-electron chi connectivity index (χ2n) is 5.34. The average molecular weight is 317 g/mol. The Kier molecular flexibility index (Phi) is 3.59. The molecule has 1 unspecified atom stereocenters. The van der Waals surface area contributed by atoms with Crippen molar-refractivity contribution in [3.63, 3.8) is 0 Å². The van der Waals surface area contributed by atoms with Gasteiger partial charge in [-0.1, -0.05) is 12.1 Å². The van der Waals surface area contributed by atoms with Crippen LogP contribution in [0.25, 0.3) is 16.9 Å². The molecule has 0 saturated carbocycles. The zero-order chi connectivity index (χ0) is 16.4. The molecule has 0 saturated heterocycles. The van der Waals surface area contributed by atoms with Crippen LogP contribution in [-0.4, -0.2) is 29.5 Å². The summed E-state index contributed by atoms with van der Waals surface area (Å²) in [6.07, 6.45) is 8.54. The van der Waals surface area contributed by atoms with E-state index in [-0.39, 0.29) is 6.04 Å². The molecule has 7 nitrogen and oxygen atoms in total. The van der Waals surface area contributed by atoms with Crippen molar-refractivity contribution < 1.29 is 0 Å². The van der Waals surface area contributed by atoms with E-state index < -0.39 is 0 Å². The van der Waals surface area contributed by atoms with Gasteiger partial charge < -0.3 is 5.32 Å². The molecule has 0 amide bonds. The van der Waals surface area contributed by atoms with Gasteiger partial charge in [0.1, 0.15) is 12.1 Å². The van der Waals surface area contributed by atoms with Crippen LogP contribution in [0.5, 0.6) is 0 Å². The third kappa shape index (κ3) is 2.67. The first-order valence-corrected chi connectivity index (χ1v) is 7.59. The Hall–Kier alpha value is -3.35. The summed E-state index contributed by atoms with van der Waals surface area (Å²) in [6, 6.07) is 9.74. The largest absolute Gasteiger partial charge is 0.346 e. The molecule has 24 heavy (non-hydrogen) atoms. The Morgan fingerprint density at radius 1 is 1.00 bits per heavy atom. The van der Waals surface area contributed by atoms with Crippen molar-refractivity contribution in [1.82, 2.24) is 29.5 Å². The van der Waals surface area contributed by atoms with E-state index in [1.807, 2.05) is 41.8 Å². The highest BCUT2D eigenvalue weighted by atomic mass is 15.2. The zero-order valence-corrected chi connectivity index (χ0v) is 13.0. The SMILES string of the molecule is CC(Nc1nccc(-n2cnc3ccccc32)n1)c1cnccn1. The highest BCUT2D eigenvalue weighted by molar-refractivity contribution is 5.76. The molecule has 4 aromatic rings. The van der Waals surface area contributed by atoms with Crippen LogP contribution in [0.2, 0.25) is 0 Å². The average Bonchev–Trinajstić information content (AvgIpc) is 3.07. The molecule has 1 atom stereocenters. The van der Waals surface area contributed by atoms with Gasteiger partial charge >= 0.3 is 0 Å². The monoisotopic (exact) mass is 317 g/mol. The first kappa shape index (κ1) is 14.3. The van der Waals surface area contributed by atoms with Crippen LogP contribution in [0.15, 0.2) is 61.4 Å². The van der Waals surface area contributed by atoms with Gasteiger partial charge in [-0.05, 0) is 25.1 Å². The van der Waals surface area contributed by atoms with E-state index in [9.17, 15) is 0 Å². The maximum absolute atomic E-state index is 4.58. The number of nitrogens with zero attached hydrogens (tertiary/aromatic N) is 6. The van der Waals surface area contributed by atoms with E-state index >= 15 is 0 Å². The number of anilines is 1. The number of benzene rings is 1. The molecule has 0 spiro atoms. The van der Waals surface area contributed by atoms with Crippen molar-refractivity contribution in [2.75, 3.05) is 5.32 Å². The molecule has 7 heteroatoms. The predicted molar refractivity (Wildman–Crippen MR) is 90.7 cm³/mol. The number of fused-ring (bicyclic) bond motifs is 1. The Morgan fingerprint density at radius 2 is 1.92 bits per heavy atom. The van der Waals surface area contributed by atoms with E-state index in [2.05, 4.69) is 30.2 Å². The maximum Gasteiger partial charge on any atom is 0.225 e. The molecule has 0 bridgehead atoms. The molecule has 4 rings (SSSR count). The molecule has 0 fully saturated rings. The van der Waals surface area contributed by atoms with Gasteiger partial charge in [0.15, 0.2) is 0 Å². The first-order chi connectivity index (χ1) is 11.8. The lowest BCUT2D eigenvalue weighted by Gasteiger charge is -2.13. The number of imidazole rings is 1. The quantitative estimate of drug-likeness (QED) is 0.623. The maximum atomic E-state index is 4.58. The number of nitrogens with one attached hydrogen (secondary N) is 1. The summed E-state index contributed by atoms with van der Waals surface area (Å²) in [5.74, 6) is 1.29. The number of rotatable bonds is 4. The molecule has 1 aromatic carbocycles. The van der Waals surface area contributed by atoms with E-state index in [0.29, 0.717) is 5.95 Å². The Balaban J connectivity index is 1.64. The minimum absolute atomic E-state index is 0.0477. The van der Waals surface area contributed by atoms with E-state index in [1.165, 1.54) is 0 Å². The topological polar surface area (TPSA) is 81.4 Å².